The Bertz CT molecular complexity index is 1570. The Morgan fingerprint density at radius 1 is 0.965 bits per heavy atom. The van der Waals surface area contributed by atoms with E-state index in [2.05, 4.69) is 0 Å². The van der Waals surface area contributed by atoms with Crippen LogP contribution in [0, 0.1) is 29.6 Å². The van der Waals surface area contributed by atoms with E-state index in [9.17, 15) is 34.5 Å². The molecule has 13 nitrogen and oxygen atoms in total. The van der Waals surface area contributed by atoms with E-state index in [0.717, 1.165) is 10.5 Å². The maximum Gasteiger partial charge on any atom is 0.329 e. The minimum absolute atomic E-state index is 0.0448. The van der Waals surface area contributed by atoms with Gasteiger partial charge in [-0.05, 0) is 95.5 Å². The van der Waals surface area contributed by atoms with Crippen molar-refractivity contribution >= 4 is 23.4 Å². The molecule has 0 unspecified atom stereocenters. The summed E-state index contributed by atoms with van der Waals surface area (Å²) in [5.41, 5.74) is 1.47. The molecule has 3 heterocycles. The van der Waals surface area contributed by atoms with Gasteiger partial charge in [-0.2, -0.15) is 0 Å². The van der Waals surface area contributed by atoms with Crippen LogP contribution in [0.15, 0.2) is 35.9 Å². The van der Waals surface area contributed by atoms with E-state index in [1.54, 1.807) is 27.9 Å². The largest absolute Gasteiger partial charge is 0.456 e. The van der Waals surface area contributed by atoms with E-state index in [1.165, 1.54) is 20.3 Å². The zero-order valence-corrected chi connectivity index (χ0v) is 35.2. The third kappa shape index (κ3) is 11.3. The van der Waals surface area contributed by atoms with Gasteiger partial charge in [-0.3, -0.25) is 14.4 Å². The van der Waals surface area contributed by atoms with Crippen molar-refractivity contribution < 1.29 is 60.9 Å². The molecule has 0 aromatic rings. The van der Waals surface area contributed by atoms with Crippen molar-refractivity contribution in [3.05, 3.63) is 35.9 Å². The molecule has 3 fully saturated rings. The van der Waals surface area contributed by atoms with E-state index >= 15 is 0 Å². The van der Waals surface area contributed by atoms with Gasteiger partial charge in [-0.25, -0.2) is 4.79 Å². The molecule has 14 atom stereocenters. The number of ketones is 2. The number of carbonyl (C=O) groups excluding carboxylic acids is 4. The number of ether oxygens (including phenoxy) is 5. The average molecular weight is 807 g/mol. The summed E-state index contributed by atoms with van der Waals surface area (Å²) in [7, 11) is 4.55. The van der Waals surface area contributed by atoms with Gasteiger partial charge >= 0.3 is 5.97 Å². The van der Waals surface area contributed by atoms with Crippen LogP contribution in [0.2, 0.25) is 0 Å². The van der Waals surface area contributed by atoms with E-state index in [0.29, 0.717) is 50.5 Å². The molecule has 1 saturated carbocycles. The first-order chi connectivity index (χ1) is 27.8. The zero-order chi connectivity index (χ0) is 43.8. The van der Waals surface area contributed by atoms with Crippen LogP contribution in [0.4, 0.5) is 0 Å². The van der Waals surface area contributed by atoms with Crippen LogP contribution in [0.3, 0.4) is 0 Å². The molecule has 4 aliphatic rings. The number of methoxy groups -OCH3 is 3. The average Bonchev–Trinajstić information content (AvgIpc) is 3.20. The number of esters is 1. The molecule has 2 saturated heterocycles. The predicted octanol–water partition coefficient (Wildman–Crippen LogP) is 4.64. The third-order valence-corrected chi connectivity index (χ3v) is 12.8. The maximum atomic E-state index is 14.3. The number of nitrogens with zero attached hydrogens (tertiary/aromatic N) is 1. The number of allylic oxidation sites excluding steroid dienone is 4. The Labute approximate surface area is 342 Å². The number of piperidine rings is 1. The molecular formula is C44H69NO12. The molecule has 3 aliphatic heterocycles. The van der Waals surface area contributed by atoms with Gasteiger partial charge in [-0.15, -0.1) is 6.53 Å². The number of Topliss-reactive ketones (excluding diaryl/α,β-unsaturated/α-hetero) is 2. The van der Waals surface area contributed by atoms with Gasteiger partial charge in [0.1, 0.15) is 24.0 Å². The van der Waals surface area contributed by atoms with Gasteiger partial charge in [0, 0.05) is 52.0 Å². The minimum atomic E-state index is -2.54. The number of cyclic esters (lactones) is 1. The van der Waals surface area contributed by atoms with Crippen LogP contribution in [-0.4, -0.2) is 126 Å². The van der Waals surface area contributed by atoms with E-state index in [4.69, 9.17) is 26.4 Å². The standard InChI is InChI=1S/C44H69NO12/c1-10-13-31-19-25(2)18-26(3)20-37(54-8)40-38(55-9)22-28(5)44(52,57-40)41(49)42(50)45-17-12-11-14-32(45)43(51)56-39(29(6)34(47)24-35(31)48)27(4)21-30-15-16-33(46)36(23-30)53-7/h10,19,21,26,28-34,36-40,46-47,52H,1,11-18,20,22-24H2,2-9H3/b25-19-,27-21+/t26-,28+,29+,30-,31+,32-,33+,34-,36+,37-,38-,39+,40+,44+/m0/s1/i1+1D2. The molecule has 0 spiro atoms. The van der Waals surface area contributed by atoms with Crippen LogP contribution < -0.4 is 0 Å². The first kappa shape index (κ1) is 43.8. The van der Waals surface area contributed by atoms with Crippen molar-refractivity contribution in [3.63, 3.8) is 0 Å². The van der Waals surface area contributed by atoms with Crippen LogP contribution in [0.25, 0.3) is 0 Å². The van der Waals surface area contributed by atoms with E-state index in [-0.39, 0.29) is 56.0 Å². The summed E-state index contributed by atoms with van der Waals surface area (Å²) in [6, 6.07) is -1.18. The fourth-order valence-corrected chi connectivity index (χ4v) is 9.37. The van der Waals surface area contributed by atoms with Crippen LogP contribution in [-0.2, 0) is 42.9 Å². The lowest BCUT2D eigenvalue weighted by Crippen LogP contribution is -2.64. The van der Waals surface area contributed by atoms with Gasteiger partial charge in [0.15, 0.2) is 0 Å². The number of amides is 1. The number of aliphatic hydroxyl groups is 3. The van der Waals surface area contributed by atoms with Gasteiger partial charge < -0.3 is 43.9 Å². The first-order valence-electron chi connectivity index (χ1n) is 21.8. The fraction of sp³-hybridized carbons (Fsp3) is 0.773. The quantitative estimate of drug-likeness (QED) is 0.141. The van der Waals surface area contributed by atoms with Crippen LogP contribution in [0.5, 0.6) is 0 Å². The highest BCUT2D eigenvalue weighted by atomic mass is 16.7. The molecular weight excluding hydrogens is 735 g/mol. The minimum Gasteiger partial charge on any atom is -0.456 e. The molecule has 0 aromatic heterocycles. The van der Waals surface area contributed by atoms with Crippen molar-refractivity contribution in [3.8, 4) is 0 Å². The van der Waals surface area contributed by atoms with Crippen molar-refractivity contribution in [2.24, 2.45) is 29.6 Å². The normalized spacial score (nSPS) is 41.4. The second-order valence-electron chi connectivity index (χ2n) is 17.2. The lowest BCUT2D eigenvalue weighted by atomic mass is 9.81. The second kappa shape index (κ2) is 21.0. The Morgan fingerprint density at radius 2 is 1.65 bits per heavy atom. The molecule has 2 bridgehead atoms. The fourth-order valence-electron chi connectivity index (χ4n) is 9.37. The third-order valence-electron chi connectivity index (χ3n) is 12.8. The Morgan fingerprint density at radius 3 is 2.32 bits per heavy atom. The summed E-state index contributed by atoms with van der Waals surface area (Å²) in [5, 5.41) is 34.2. The Balaban J connectivity index is 1.80. The maximum absolute atomic E-state index is 14.3. The smallest absolute Gasteiger partial charge is 0.329 e. The first-order valence-corrected chi connectivity index (χ1v) is 20.8. The van der Waals surface area contributed by atoms with Crippen LogP contribution >= 0.6 is 0 Å². The highest BCUT2D eigenvalue weighted by molar-refractivity contribution is 6.39. The molecule has 1 aliphatic carbocycles. The molecule has 0 radical (unpaired) electrons. The Kier molecular flexibility index (Phi) is 16.1. The van der Waals surface area contributed by atoms with Crippen molar-refractivity contribution in [2.75, 3.05) is 27.9 Å². The highest BCUT2D eigenvalue weighted by Crippen LogP contribution is 2.39. The van der Waals surface area contributed by atoms with Gasteiger partial charge in [0.25, 0.3) is 11.7 Å². The topological polar surface area (TPSA) is 178 Å². The number of hydrogen-bond donors (Lipinski definition) is 3. The molecule has 13 heteroatoms. The lowest BCUT2D eigenvalue weighted by molar-refractivity contribution is -0.302. The van der Waals surface area contributed by atoms with Gasteiger partial charge in [-0.1, -0.05) is 44.6 Å². The number of aliphatic hydroxyl groups excluding tert-OH is 2. The molecule has 0 aromatic carbocycles. The summed E-state index contributed by atoms with van der Waals surface area (Å²) in [6.07, 6.45) is 3.43. The number of hydrogen-bond acceptors (Lipinski definition) is 12. The summed E-state index contributed by atoms with van der Waals surface area (Å²) in [6.45, 7) is 8.59. The summed E-state index contributed by atoms with van der Waals surface area (Å²) in [4.78, 5) is 58.0. The van der Waals surface area contributed by atoms with Gasteiger partial charge in [0.05, 0.1) is 33.3 Å². The molecule has 1 amide bonds. The number of rotatable bonds is 7. The summed E-state index contributed by atoms with van der Waals surface area (Å²) < 4.78 is 45.1. The SMILES string of the molecule is [2H][13C]([2H])=CC[C@@H]1/C=C(/C)C[C@H](C)C[C@H](OC)[C@H]2O[C@@](O)(C(=O)C(=O)N3CCCC[C@H]3C(=O)O[C@H](/C(C)=C/[C@@H]3CC[C@@H](O)[C@H](OC)C3)[C@H](C)[C@@H](O)CC1=O)[C@H](C)C[C@@H]2OC. The monoisotopic (exact) mass is 806 g/mol. The second-order valence-corrected chi connectivity index (χ2v) is 17.2. The van der Waals surface area contributed by atoms with Crippen molar-refractivity contribution in [2.45, 2.75) is 160 Å². The lowest BCUT2D eigenvalue weighted by Gasteiger charge is -2.47. The van der Waals surface area contributed by atoms with Crippen molar-refractivity contribution in [1.82, 2.24) is 4.90 Å². The van der Waals surface area contributed by atoms with Crippen molar-refractivity contribution in [1.29, 1.82) is 0 Å². The highest BCUT2D eigenvalue weighted by Gasteiger charge is 2.56. The molecule has 322 valence electrons. The predicted molar refractivity (Wildman–Crippen MR) is 213 cm³/mol. The van der Waals surface area contributed by atoms with E-state index in [1.807, 2.05) is 26.0 Å². The van der Waals surface area contributed by atoms with Crippen LogP contribution in [0.1, 0.15) is 108 Å². The molecule has 3 N–H and O–H groups in total. The van der Waals surface area contributed by atoms with Gasteiger partial charge in [0.2, 0.25) is 5.79 Å². The number of carbonyl (C=O) groups is 4. The number of fused-ring (bicyclic) bond motifs is 3. The summed E-state index contributed by atoms with van der Waals surface area (Å²) in [5.74, 6) is -8.41. The molecule has 57 heavy (non-hydrogen) atoms. The zero-order valence-electron chi connectivity index (χ0n) is 37.2. The Hall–Kier alpha value is -2.78. The van der Waals surface area contributed by atoms with E-state index < -0.39 is 90.4 Å². The summed E-state index contributed by atoms with van der Waals surface area (Å²) >= 11 is 0. The molecule has 4 rings (SSSR count).